The molecule has 0 atom stereocenters. The summed E-state index contributed by atoms with van der Waals surface area (Å²) in [4.78, 5) is 16.5. The third-order valence-corrected chi connectivity index (χ3v) is 4.77. The number of nitrogens with zero attached hydrogens (tertiary/aromatic N) is 2. The Labute approximate surface area is 149 Å². The lowest BCUT2D eigenvalue weighted by Gasteiger charge is -2.29. The Bertz CT molecular complexity index is 691. The van der Waals surface area contributed by atoms with Gasteiger partial charge in [0.25, 0.3) is 0 Å². The number of carbonyl (C=O) groups is 1. The SMILES string of the molecule is CN(Cc1ccc(N2CCCCC2)cc1)C(=O)Cc1ccc(F)cc1. The minimum atomic E-state index is -0.279. The van der Waals surface area contributed by atoms with Crippen molar-refractivity contribution in [3.05, 3.63) is 65.5 Å². The van der Waals surface area contributed by atoms with Gasteiger partial charge >= 0.3 is 0 Å². The molecule has 1 aliphatic heterocycles. The van der Waals surface area contributed by atoms with Crippen LogP contribution in [0.5, 0.6) is 0 Å². The number of rotatable bonds is 5. The predicted molar refractivity (Wildman–Crippen MR) is 99.1 cm³/mol. The van der Waals surface area contributed by atoms with E-state index in [9.17, 15) is 9.18 Å². The van der Waals surface area contributed by atoms with Crippen LogP contribution in [0.25, 0.3) is 0 Å². The van der Waals surface area contributed by atoms with Crippen molar-refractivity contribution >= 4 is 11.6 Å². The van der Waals surface area contributed by atoms with E-state index in [1.807, 2.05) is 7.05 Å². The van der Waals surface area contributed by atoms with Gasteiger partial charge in [0.05, 0.1) is 6.42 Å². The van der Waals surface area contributed by atoms with E-state index in [0.717, 1.165) is 24.2 Å². The molecule has 1 saturated heterocycles. The number of piperidine rings is 1. The summed E-state index contributed by atoms with van der Waals surface area (Å²) in [7, 11) is 1.81. The monoisotopic (exact) mass is 340 g/mol. The van der Waals surface area contributed by atoms with Crippen molar-refractivity contribution in [3.8, 4) is 0 Å². The van der Waals surface area contributed by atoms with E-state index in [1.54, 1.807) is 17.0 Å². The quantitative estimate of drug-likeness (QED) is 0.821. The fourth-order valence-electron chi connectivity index (χ4n) is 3.24. The highest BCUT2D eigenvalue weighted by Crippen LogP contribution is 2.20. The number of benzene rings is 2. The van der Waals surface area contributed by atoms with Crippen molar-refractivity contribution in [2.45, 2.75) is 32.2 Å². The topological polar surface area (TPSA) is 23.6 Å². The van der Waals surface area contributed by atoms with Crippen molar-refractivity contribution < 1.29 is 9.18 Å². The van der Waals surface area contributed by atoms with E-state index in [1.165, 1.54) is 37.1 Å². The number of anilines is 1. The second-order valence-corrected chi connectivity index (χ2v) is 6.77. The first-order chi connectivity index (χ1) is 12.1. The van der Waals surface area contributed by atoms with Crippen LogP contribution in [-0.4, -0.2) is 30.9 Å². The summed E-state index contributed by atoms with van der Waals surface area (Å²) >= 11 is 0. The summed E-state index contributed by atoms with van der Waals surface area (Å²) in [5.41, 5.74) is 3.22. The third kappa shape index (κ3) is 4.81. The van der Waals surface area contributed by atoms with Gasteiger partial charge in [-0.25, -0.2) is 4.39 Å². The van der Waals surface area contributed by atoms with Gasteiger partial charge in [0.15, 0.2) is 0 Å². The van der Waals surface area contributed by atoms with Crippen LogP contribution in [0.3, 0.4) is 0 Å². The Kier molecular flexibility index (Phi) is 5.69. The molecule has 25 heavy (non-hydrogen) atoms. The van der Waals surface area contributed by atoms with Crippen LogP contribution < -0.4 is 4.90 Å². The van der Waals surface area contributed by atoms with E-state index in [-0.39, 0.29) is 11.7 Å². The van der Waals surface area contributed by atoms with Crippen LogP contribution in [0.4, 0.5) is 10.1 Å². The van der Waals surface area contributed by atoms with Gasteiger partial charge < -0.3 is 9.80 Å². The van der Waals surface area contributed by atoms with Crippen molar-refractivity contribution in [3.63, 3.8) is 0 Å². The van der Waals surface area contributed by atoms with Crippen molar-refractivity contribution in [1.82, 2.24) is 4.90 Å². The lowest BCUT2D eigenvalue weighted by atomic mass is 10.1. The predicted octanol–water partition coefficient (Wildman–Crippen LogP) is 4.02. The van der Waals surface area contributed by atoms with Crippen LogP contribution in [-0.2, 0) is 17.8 Å². The van der Waals surface area contributed by atoms with Gasteiger partial charge in [0, 0.05) is 32.4 Å². The Hall–Kier alpha value is -2.36. The maximum atomic E-state index is 12.9. The van der Waals surface area contributed by atoms with Gasteiger partial charge in [-0.2, -0.15) is 0 Å². The first-order valence-corrected chi connectivity index (χ1v) is 8.94. The molecule has 1 amide bonds. The molecule has 2 aromatic carbocycles. The molecule has 132 valence electrons. The number of likely N-dealkylation sites (N-methyl/N-ethyl adjacent to an activating group) is 1. The average Bonchev–Trinajstić information content (AvgIpc) is 2.65. The van der Waals surface area contributed by atoms with Crippen molar-refractivity contribution in [2.75, 3.05) is 25.0 Å². The van der Waals surface area contributed by atoms with Gasteiger partial charge in [-0.05, 0) is 54.7 Å². The molecule has 0 radical (unpaired) electrons. The number of carbonyl (C=O) groups excluding carboxylic acids is 1. The smallest absolute Gasteiger partial charge is 0.227 e. The third-order valence-electron chi connectivity index (χ3n) is 4.77. The van der Waals surface area contributed by atoms with E-state index >= 15 is 0 Å². The lowest BCUT2D eigenvalue weighted by molar-refractivity contribution is -0.129. The zero-order valence-electron chi connectivity index (χ0n) is 14.7. The molecule has 1 heterocycles. The minimum absolute atomic E-state index is 0.0340. The van der Waals surface area contributed by atoms with E-state index in [2.05, 4.69) is 29.2 Å². The van der Waals surface area contributed by atoms with Crippen LogP contribution in [0.1, 0.15) is 30.4 Å². The molecule has 0 spiro atoms. The first kappa shape index (κ1) is 17.5. The molecule has 1 aliphatic rings. The maximum Gasteiger partial charge on any atom is 0.227 e. The molecule has 0 aromatic heterocycles. The van der Waals surface area contributed by atoms with Crippen molar-refractivity contribution in [1.29, 1.82) is 0 Å². The summed E-state index contributed by atoms with van der Waals surface area (Å²) in [5.74, 6) is -0.245. The average molecular weight is 340 g/mol. The van der Waals surface area contributed by atoms with E-state index in [4.69, 9.17) is 0 Å². The number of halogens is 1. The highest BCUT2D eigenvalue weighted by atomic mass is 19.1. The lowest BCUT2D eigenvalue weighted by Crippen LogP contribution is -2.29. The van der Waals surface area contributed by atoms with Crippen molar-refractivity contribution in [2.24, 2.45) is 0 Å². The van der Waals surface area contributed by atoms with Crippen LogP contribution in [0.15, 0.2) is 48.5 Å². The molecular formula is C21H25FN2O. The maximum absolute atomic E-state index is 12.9. The van der Waals surface area contributed by atoms with Gasteiger partial charge in [-0.3, -0.25) is 4.79 Å². The summed E-state index contributed by atoms with van der Waals surface area (Å²) in [6, 6.07) is 14.6. The molecule has 0 N–H and O–H groups in total. The van der Waals surface area contributed by atoms with Gasteiger partial charge in [0.2, 0.25) is 5.91 Å². The van der Waals surface area contributed by atoms with Gasteiger partial charge in [0.1, 0.15) is 5.82 Å². The second-order valence-electron chi connectivity index (χ2n) is 6.77. The van der Waals surface area contributed by atoms with E-state index in [0.29, 0.717) is 13.0 Å². The Morgan fingerprint density at radius 2 is 1.56 bits per heavy atom. The number of hydrogen-bond donors (Lipinski definition) is 0. The molecule has 0 bridgehead atoms. The van der Waals surface area contributed by atoms with Gasteiger partial charge in [-0.1, -0.05) is 24.3 Å². The Morgan fingerprint density at radius 3 is 2.20 bits per heavy atom. The molecule has 3 rings (SSSR count). The summed E-state index contributed by atoms with van der Waals surface area (Å²) in [5, 5.41) is 0. The largest absolute Gasteiger partial charge is 0.372 e. The fraction of sp³-hybridized carbons (Fsp3) is 0.381. The standard InChI is InChI=1S/C21H25FN2O/c1-23(21(25)15-17-5-9-19(22)10-6-17)16-18-7-11-20(12-8-18)24-13-3-2-4-14-24/h5-12H,2-4,13-16H2,1H3. The molecule has 1 fully saturated rings. The van der Waals surface area contributed by atoms with Crippen LogP contribution in [0.2, 0.25) is 0 Å². The number of hydrogen-bond acceptors (Lipinski definition) is 2. The molecule has 2 aromatic rings. The summed E-state index contributed by atoms with van der Waals surface area (Å²) in [6.45, 7) is 2.85. The zero-order valence-corrected chi connectivity index (χ0v) is 14.7. The van der Waals surface area contributed by atoms with Crippen LogP contribution >= 0.6 is 0 Å². The summed E-state index contributed by atoms with van der Waals surface area (Å²) in [6.07, 6.45) is 4.16. The molecule has 3 nitrogen and oxygen atoms in total. The molecule has 0 saturated carbocycles. The second kappa shape index (κ2) is 8.15. The highest BCUT2D eigenvalue weighted by Gasteiger charge is 2.13. The molecular weight excluding hydrogens is 315 g/mol. The minimum Gasteiger partial charge on any atom is -0.372 e. The zero-order chi connectivity index (χ0) is 17.6. The first-order valence-electron chi connectivity index (χ1n) is 8.94. The van der Waals surface area contributed by atoms with Crippen LogP contribution in [0, 0.1) is 5.82 Å². The molecule has 0 aliphatic carbocycles. The van der Waals surface area contributed by atoms with Gasteiger partial charge in [-0.15, -0.1) is 0 Å². The Morgan fingerprint density at radius 1 is 0.960 bits per heavy atom. The summed E-state index contributed by atoms with van der Waals surface area (Å²) < 4.78 is 12.9. The molecule has 4 heteroatoms. The fourth-order valence-corrected chi connectivity index (χ4v) is 3.24. The molecule has 0 unspecified atom stereocenters. The van der Waals surface area contributed by atoms with E-state index < -0.39 is 0 Å². The Balaban J connectivity index is 1.55. The normalized spacial score (nSPS) is 14.4. The number of amides is 1. The highest BCUT2D eigenvalue weighted by molar-refractivity contribution is 5.78.